The van der Waals surface area contributed by atoms with Crippen LogP contribution in [0, 0.1) is 0 Å². The zero-order chi connectivity index (χ0) is 16.8. The van der Waals surface area contributed by atoms with Crippen molar-refractivity contribution in [1.29, 1.82) is 0 Å². The molecular weight excluding hydrogens is 322 g/mol. The molecule has 2 aromatic carbocycles. The van der Waals surface area contributed by atoms with E-state index < -0.39 is 0 Å². The standard InChI is InChI=1S/C19H22ClN3O/c1-24-19-8-4-16(5-9-19)14-21-23-12-10-22(11-13-23)15-17-2-6-18(20)7-3-17/h2-9,14H,10-13,15H2,1H3/p+1/b21-14-. The first-order valence-electron chi connectivity index (χ1n) is 8.24. The monoisotopic (exact) mass is 344 g/mol. The molecule has 2 aromatic rings. The predicted octanol–water partition coefficient (Wildman–Crippen LogP) is 2.08. The zero-order valence-electron chi connectivity index (χ0n) is 13.9. The Morgan fingerprint density at radius 2 is 1.75 bits per heavy atom. The van der Waals surface area contributed by atoms with Gasteiger partial charge in [0, 0.05) is 10.6 Å². The fourth-order valence-electron chi connectivity index (χ4n) is 2.83. The summed E-state index contributed by atoms with van der Waals surface area (Å²) in [6.07, 6.45) is 1.92. The van der Waals surface area contributed by atoms with Crippen LogP contribution < -0.4 is 9.64 Å². The molecule has 0 unspecified atom stereocenters. The summed E-state index contributed by atoms with van der Waals surface area (Å²) in [5.41, 5.74) is 2.43. The van der Waals surface area contributed by atoms with E-state index in [1.807, 2.05) is 42.6 Å². The van der Waals surface area contributed by atoms with Crippen molar-refractivity contribution >= 4 is 17.8 Å². The fraction of sp³-hybridized carbons (Fsp3) is 0.316. The van der Waals surface area contributed by atoms with Crippen LogP contribution in [0.1, 0.15) is 11.1 Å². The number of hydrogen-bond acceptors (Lipinski definition) is 3. The van der Waals surface area contributed by atoms with E-state index in [1.165, 1.54) is 5.56 Å². The van der Waals surface area contributed by atoms with Crippen LogP contribution in [0.5, 0.6) is 5.75 Å². The third-order valence-electron chi connectivity index (χ3n) is 4.30. The maximum Gasteiger partial charge on any atom is 0.118 e. The topological polar surface area (TPSA) is 29.3 Å². The Bertz CT molecular complexity index is 662. The van der Waals surface area contributed by atoms with Gasteiger partial charge in [-0.25, -0.2) is 0 Å². The number of methoxy groups -OCH3 is 1. The minimum atomic E-state index is 0.798. The lowest BCUT2D eigenvalue weighted by atomic mass is 10.2. The summed E-state index contributed by atoms with van der Waals surface area (Å²) < 4.78 is 5.17. The molecule has 1 N–H and O–H groups in total. The van der Waals surface area contributed by atoms with Crippen LogP contribution >= 0.6 is 11.6 Å². The normalized spacial score (nSPS) is 15.8. The highest BCUT2D eigenvalue weighted by molar-refractivity contribution is 6.30. The van der Waals surface area contributed by atoms with Crippen molar-refractivity contribution in [2.75, 3.05) is 33.3 Å². The summed E-state index contributed by atoms with van der Waals surface area (Å²) in [4.78, 5) is 1.59. The van der Waals surface area contributed by atoms with Gasteiger partial charge in [-0.2, -0.15) is 5.10 Å². The molecule has 4 nitrogen and oxygen atoms in total. The number of piperazine rings is 1. The molecule has 0 aliphatic carbocycles. The van der Waals surface area contributed by atoms with Crippen LogP contribution in [0.2, 0.25) is 5.02 Å². The smallest absolute Gasteiger partial charge is 0.118 e. The Balaban J connectivity index is 1.47. The summed E-state index contributed by atoms with van der Waals surface area (Å²) in [5, 5.41) is 7.54. The number of ether oxygens (including phenoxy) is 1. The van der Waals surface area contributed by atoms with E-state index in [2.05, 4.69) is 22.2 Å². The average molecular weight is 345 g/mol. The molecule has 0 atom stereocenters. The number of quaternary nitrogens is 1. The van der Waals surface area contributed by atoms with Crippen LogP contribution in [0.4, 0.5) is 0 Å². The van der Waals surface area contributed by atoms with Crippen molar-refractivity contribution in [2.45, 2.75) is 6.54 Å². The Labute approximate surface area is 148 Å². The van der Waals surface area contributed by atoms with Gasteiger partial charge in [-0.05, 0) is 42.0 Å². The van der Waals surface area contributed by atoms with Gasteiger partial charge in [0.1, 0.15) is 12.3 Å². The summed E-state index contributed by atoms with van der Waals surface area (Å²) in [5.74, 6) is 0.867. The van der Waals surface area contributed by atoms with Gasteiger partial charge in [-0.3, -0.25) is 5.01 Å². The van der Waals surface area contributed by atoms with Crippen molar-refractivity contribution < 1.29 is 9.64 Å². The van der Waals surface area contributed by atoms with Gasteiger partial charge in [0.25, 0.3) is 0 Å². The fourth-order valence-corrected chi connectivity index (χ4v) is 2.96. The molecule has 1 heterocycles. The summed E-state index contributed by atoms with van der Waals surface area (Å²) in [6, 6.07) is 16.1. The van der Waals surface area contributed by atoms with Crippen molar-refractivity contribution in [3.05, 3.63) is 64.7 Å². The Morgan fingerprint density at radius 1 is 1.08 bits per heavy atom. The van der Waals surface area contributed by atoms with Crippen LogP contribution in [0.25, 0.3) is 0 Å². The number of benzene rings is 2. The Morgan fingerprint density at radius 3 is 2.38 bits per heavy atom. The Kier molecular flexibility index (Phi) is 5.72. The number of hydrogen-bond donors (Lipinski definition) is 1. The number of hydrazone groups is 1. The first kappa shape index (κ1) is 16.8. The maximum atomic E-state index is 5.94. The first-order chi connectivity index (χ1) is 11.7. The lowest BCUT2D eigenvalue weighted by Gasteiger charge is -2.30. The van der Waals surface area contributed by atoms with Gasteiger partial charge in [-0.15, -0.1) is 0 Å². The van der Waals surface area contributed by atoms with Gasteiger partial charge in [0.15, 0.2) is 0 Å². The van der Waals surface area contributed by atoms with Gasteiger partial charge in [-0.1, -0.05) is 23.7 Å². The van der Waals surface area contributed by atoms with Gasteiger partial charge in [0.05, 0.1) is 39.5 Å². The highest BCUT2D eigenvalue weighted by Gasteiger charge is 2.18. The lowest BCUT2D eigenvalue weighted by Crippen LogP contribution is -3.13. The maximum absolute atomic E-state index is 5.94. The molecule has 0 radical (unpaired) electrons. The molecule has 0 aromatic heterocycles. The SMILES string of the molecule is COc1ccc(/C=N\N2CC[NH+](Cc3ccc(Cl)cc3)CC2)cc1. The quantitative estimate of drug-likeness (QED) is 0.842. The van der Waals surface area contributed by atoms with Gasteiger partial charge < -0.3 is 9.64 Å². The van der Waals surface area contributed by atoms with Crippen LogP contribution in [0.3, 0.4) is 0 Å². The number of nitrogens with zero attached hydrogens (tertiary/aromatic N) is 2. The van der Waals surface area contributed by atoms with Gasteiger partial charge in [0.2, 0.25) is 0 Å². The molecule has 3 rings (SSSR count). The number of nitrogens with one attached hydrogen (secondary N) is 1. The minimum absolute atomic E-state index is 0.798. The van der Waals surface area contributed by atoms with Crippen molar-refractivity contribution in [3.63, 3.8) is 0 Å². The second kappa shape index (κ2) is 8.18. The van der Waals surface area contributed by atoms with Crippen LogP contribution in [0.15, 0.2) is 53.6 Å². The van der Waals surface area contributed by atoms with E-state index in [0.717, 1.165) is 49.1 Å². The van der Waals surface area contributed by atoms with E-state index in [9.17, 15) is 0 Å². The molecule has 0 saturated carbocycles. The number of rotatable bonds is 5. The number of halogens is 1. The molecule has 1 aliphatic rings. The van der Waals surface area contributed by atoms with E-state index in [4.69, 9.17) is 16.3 Å². The molecule has 0 amide bonds. The average Bonchev–Trinajstić information content (AvgIpc) is 2.63. The van der Waals surface area contributed by atoms with Crippen molar-refractivity contribution in [2.24, 2.45) is 5.10 Å². The lowest BCUT2D eigenvalue weighted by molar-refractivity contribution is -0.918. The largest absolute Gasteiger partial charge is 0.497 e. The van der Waals surface area contributed by atoms with E-state index in [1.54, 1.807) is 12.0 Å². The second-order valence-corrected chi connectivity index (χ2v) is 6.46. The van der Waals surface area contributed by atoms with Crippen molar-refractivity contribution in [3.8, 4) is 5.75 Å². The summed E-state index contributed by atoms with van der Waals surface area (Å²) in [6.45, 7) is 5.21. The third kappa shape index (κ3) is 4.73. The Hall–Kier alpha value is -2.04. The first-order valence-corrected chi connectivity index (χ1v) is 8.62. The molecule has 1 aliphatic heterocycles. The molecule has 1 fully saturated rings. The zero-order valence-corrected chi connectivity index (χ0v) is 14.7. The predicted molar refractivity (Wildman–Crippen MR) is 98.0 cm³/mol. The molecule has 126 valence electrons. The molecular formula is C19H23ClN3O+. The summed E-state index contributed by atoms with van der Waals surface area (Å²) >= 11 is 5.94. The second-order valence-electron chi connectivity index (χ2n) is 6.02. The molecule has 1 saturated heterocycles. The minimum Gasteiger partial charge on any atom is -0.497 e. The molecule has 24 heavy (non-hydrogen) atoms. The molecule has 5 heteroatoms. The van der Waals surface area contributed by atoms with E-state index in [0.29, 0.717) is 0 Å². The van der Waals surface area contributed by atoms with Crippen molar-refractivity contribution in [1.82, 2.24) is 5.01 Å². The van der Waals surface area contributed by atoms with E-state index >= 15 is 0 Å². The molecule has 0 bridgehead atoms. The molecule has 0 spiro atoms. The van der Waals surface area contributed by atoms with Crippen LogP contribution in [-0.4, -0.2) is 44.5 Å². The van der Waals surface area contributed by atoms with Gasteiger partial charge >= 0.3 is 0 Å². The highest BCUT2D eigenvalue weighted by atomic mass is 35.5. The van der Waals surface area contributed by atoms with E-state index in [-0.39, 0.29) is 0 Å². The summed E-state index contributed by atoms with van der Waals surface area (Å²) in [7, 11) is 1.68. The van der Waals surface area contributed by atoms with Crippen LogP contribution in [-0.2, 0) is 6.54 Å². The highest BCUT2D eigenvalue weighted by Crippen LogP contribution is 2.10. The third-order valence-corrected chi connectivity index (χ3v) is 4.55.